The van der Waals surface area contributed by atoms with Gasteiger partial charge in [-0.15, -0.1) is 11.3 Å². The largest absolute Gasteiger partial charge is 0.492 e. The van der Waals surface area contributed by atoms with Gasteiger partial charge < -0.3 is 16.2 Å². The number of anilines is 1. The molecule has 1 heterocycles. The smallest absolute Gasteiger partial charge is 0.317 e. The second kappa shape index (κ2) is 9.91. The van der Waals surface area contributed by atoms with Gasteiger partial charge in [0, 0.05) is 23.5 Å². The number of nitrogens with zero attached hydrogens (tertiary/aromatic N) is 1. The van der Waals surface area contributed by atoms with Crippen molar-refractivity contribution in [1.29, 1.82) is 0 Å². The molecule has 2 aromatic carbocycles. The van der Waals surface area contributed by atoms with Crippen LogP contribution in [0, 0.1) is 0 Å². The van der Waals surface area contributed by atoms with Gasteiger partial charge in [0.15, 0.2) is 0 Å². The van der Waals surface area contributed by atoms with Crippen LogP contribution in [0.4, 0.5) is 9.80 Å². The van der Waals surface area contributed by atoms with Crippen molar-refractivity contribution in [3.63, 3.8) is 0 Å². The fraction of sp³-hybridized carbons (Fsp3) is 0.182. The van der Waals surface area contributed by atoms with E-state index in [9.17, 15) is 9.59 Å². The minimum absolute atomic E-state index is 0.214. The zero-order chi connectivity index (χ0) is 21.5. The van der Waals surface area contributed by atoms with Crippen LogP contribution in [0.25, 0.3) is 10.4 Å². The van der Waals surface area contributed by atoms with Crippen LogP contribution in [0.3, 0.4) is 0 Å². The molecule has 0 atom stereocenters. The zero-order valence-corrected chi connectivity index (χ0v) is 17.4. The summed E-state index contributed by atoms with van der Waals surface area (Å²) >= 11 is 1.22. The van der Waals surface area contributed by atoms with Gasteiger partial charge in [-0.25, -0.2) is 4.79 Å². The highest BCUT2D eigenvalue weighted by Gasteiger charge is 2.18. The van der Waals surface area contributed by atoms with Crippen LogP contribution in [0.1, 0.15) is 15.9 Å². The Morgan fingerprint density at radius 3 is 2.47 bits per heavy atom. The number of para-hydroxylation sites is 1. The molecule has 0 saturated heterocycles. The lowest BCUT2D eigenvalue weighted by atomic mass is 10.1. The molecule has 3 aromatic rings. The third kappa shape index (κ3) is 5.59. The number of carbonyl (C=O) groups excluding carboxylic acids is 2. The van der Waals surface area contributed by atoms with Crippen LogP contribution in [0.15, 0.2) is 60.7 Å². The van der Waals surface area contributed by atoms with Gasteiger partial charge in [0.1, 0.15) is 17.4 Å². The van der Waals surface area contributed by atoms with Gasteiger partial charge in [0.25, 0.3) is 5.91 Å². The molecule has 0 aliphatic heterocycles. The molecule has 0 aliphatic rings. The molecule has 30 heavy (non-hydrogen) atoms. The van der Waals surface area contributed by atoms with E-state index in [1.807, 2.05) is 49.5 Å². The molecule has 3 amide bonds. The van der Waals surface area contributed by atoms with Crippen molar-refractivity contribution in [2.75, 3.05) is 25.5 Å². The highest BCUT2D eigenvalue weighted by atomic mass is 32.1. The number of amides is 3. The molecule has 1 aromatic heterocycles. The number of likely N-dealkylation sites (N-methyl/N-ethyl adjacent to an activating group) is 1. The summed E-state index contributed by atoms with van der Waals surface area (Å²) < 4.78 is 6.03. The summed E-state index contributed by atoms with van der Waals surface area (Å²) in [6, 6.07) is 18.7. The van der Waals surface area contributed by atoms with Crippen molar-refractivity contribution in [3.05, 3.63) is 71.8 Å². The average molecular weight is 425 g/mol. The number of benzene rings is 2. The fourth-order valence-electron chi connectivity index (χ4n) is 2.99. The van der Waals surface area contributed by atoms with E-state index in [0.29, 0.717) is 17.4 Å². The molecule has 0 fully saturated rings. The third-order valence-corrected chi connectivity index (χ3v) is 5.50. The normalized spacial score (nSPS) is 10.7. The second-order valence-electron chi connectivity index (χ2n) is 6.77. The molecule has 5 N–H and O–H groups in total. The molecule has 7 nitrogen and oxygen atoms in total. The first-order valence-electron chi connectivity index (χ1n) is 9.39. The zero-order valence-electron chi connectivity index (χ0n) is 16.6. The van der Waals surface area contributed by atoms with Crippen LogP contribution in [0.2, 0.25) is 0 Å². The summed E-state index contributed by atoms with van der Waals surface area (Å²) in [5.41, 5.74) is 12.9. The first-order chi connectivity index (χ1) is 14.4. The molecule has 0 bridgehead atoms. The van der Waals surface area contributed by atoms with E-state index in [0.717, 1.165) is 23.5 Å². The Bertz CT molecular complexity index is 1020. The fourth-order valence-corrected chi connectivity index (χ4v) is 4.09. The van der Waals surface area contributed by atoms with Crippen LogP contribution in [0.5, 0.6) is 5.75 Å². The van der Waals surface area contributed by atoms with Gasteiger partial charge in [-0.3, -0.25) is 15.0 Å². The van der Waals surface area contributed by atoms with Crippen LogP contribution in [-0.2, 0) is 6.54 Å². The Hall–Kier alpha value is -3.36. The lowest BCUT2D eigenvalue weighted by Gasteiger charge is -2.18. The van der Waals surface area contributed by atoms with Gasteiger partial charge in [-0.1, -0.05) is 42.5 Å². The first kappa shape index (κ1) is 21.4. The highest BCUT2D eigenvalue weighted by Crippen LogP contribution is 2.39. The summed E-state index contributed by atoms with van der Waals surface area (Å²) in [5.74, 6) is 0.0516. The molecule has 0 aliphatic carbocycles. The summed E-state index contributed by atoms with van der Waals surface area (Å²) in [6.45, 7) is 2.08. The third-order valence-electron chi connectivity index (χ3n) is 4.41. The van der Waals surface area contributed by atoms with Gasteiger partial charge in [-0.2, -0.15) is 0 Å². The van der Waals surface area contributed by atoms with E-state index in [-0.39, 0.29) is 5.56 Å². The number of primary amides is 2. The van der Waals surface area contributed by atoms with Crippen molar-refractivity contribution >= 4 is 28.3 Å². The molecule has 156 valence electrons. The van der Waals surface area contributed by atoms with E-state index in [4.69, 9.17) is 16.2 Å². The minimum Gasteiger partial charge on any atom is -0.492 e. The van der Waals surface area contributed by atoms with Gasteiger partial charge in [0.2, 0.25) is 0 Å². The maximum Gasteiger partial charge on any atom is 0.317 e. The van der Waals surface area contributed by atoms with Gasteiger partial charge in [0.05, 0.1) is 5.56 Å². The Labute approximate surface area is 179 Å². The molecular formula is C22H24N4O3S. The van der Waals surface area contributed by atoms with Crippen molar-refractivity contribution in [1.82, 2.24) is 4.90 Å². The SMILES string of the molecule is CN(CCOc1ccccc1-c1cc(C(N)=O)c(NC(N)=O)s1)Cc1ccccc1. The van der Waals surface area contributed by atoms with Crippen LogP contribution >= 0.6 is 11.3 Å². The summed E-state index contributed by atoms with van der Waals surface area (Å²) in [6.07, 6.45) is 0. The van der Waals surface area contributed by atoms with Crippen molar-refractivity contribution < 1.29 is 14.3 Å². The van der Waals surface area contributed by atoms with Crippen molar-refractivity contribution in [2.24, 2.45) is 11.5 Å². The number of thiophene rings is 1. The average Bonchev–Trinajstić information content (AvgIpc) is 3.12. The molecule has 0 radical (unpaired) electrons. The van der Waals surface area contributed by atoms with Crippen molar-refractivity contribution in [3.8, 4) is 16.2 Å². The quantitative estimate of drug-likeness (QED) is 0.488. The second-order valence-corrected chi connectivity index (χ2v) is 7.83. The molecular weight excluding hydrogens is 400 g/mol. The molecule has 3 rings (SSSR count). The van der Waals surface area contributed by atoms with E-state index < -0.39 is 11.9 Å². The highest BCUT2D eigenvalue weighted by molar-refractivity contribution is 7.20. The standard InChI is InChI=1S/C22H24N4O3S/c1-26(14-15-7-3-2-4-8-15)11-12-29-18-10-6-5-9-16(18)19-13-17(20(23)27)21(30-19)25-22(24)28/h2-10,13H,11-12,14H2,1H3,(H2,23,27)(H3,24,25,28). The number of hydrogen-bond acceptors (Lipinski definition) is 5. The molecule has 8 heteroatoms. The Morgan fingerprint density at radius 2 is 1.77 bits per heavy atom. The number of ether oxygens (including phenoxy) is 1. The molecule has 0 saturated carbocycles. The predicted octanol–water partition coefficient (Wildman–Crippen LogP) is 3.52. The maximum atomic E-state index is 11.7. The number of nitrogens with two attached hydrogens (primary N) is 2. The number of carbonyl (C=O) groups is 2. The van der Waals surface area contributed by atoms with Crippen LogP contribution in [-0.4, -0.2) is 37.0 Å². The summed E-state index contributed by atoms with van der Waals surface area (Å²) in [4.78, 5) is 25.9. The first-order valence-corrected chi connectivity index (χ1v) is 10.2. The van der Waals surface area contributed by atoms with E-state index in [1.165, 1.54) is 16.9 Å². The van der Waals surface area contributed by atoms with Crippen molar-refractivity contribution in [2.45, 2.75) is 6.54 Å². The Kier molecular flexibility index (Phi) is 7.05. The lowest BCUT2D eigenvalue weighted by Crippen LogP contribution is -2.23. The number of rotatable bonds is 9. The summed E-state index contributed by atoms with van der Waals surface area (Å²) in [5, 5.41) is 2.78. The Morgan fingerprint density at radius 1 is 1.07 bits per heavy atom. The maximum absolute atomic E-state index is 11.7. The monoisotopic (exact) mass is 424 g/mol. The predicted molar refractivity (Wildman–Crippen MR) is 120 cm³/mol. The Balaban J connectivity index is 1.70. The minimum atomic E-state index is -0.753. The lowest BCUT2D eigenvalue weighted by molar-refractivity contribution is 0.100. The van der Waals surface area contributed by atoms with Gasteiger partial charge >= 0.3 is 6.03 Å². The summed E-state index contributed by atoms with van der Waals surface area (Å²) in [7, 11) is 2.04. The number of urea groups is 1. The molecule has 0 unspecified atom stereocenters. The van der Waals surface area contributed by atoms with E-state index >= 15 is 0 Å². The molecule has 0 spiro atoms. The van der Waals surface area contributed by atoms with Gasteiger partial charge in [-0.05, 0) is 30.8 Å². The van der Waals surface area contributed by atoms with Crippen LogP contribution < -0.4 is 21.5 Å². The number of hydrogen-bond donors (Lipinski definition) is 3. The van der Waals surface area contributed by atoms with E-state index in [1.54, 1.807) is 6.07 Å². The topological polar surface area (TPSA) is 111 Å². The number of nitrogens with one attached hydrogen (secondary N) is 1. The van der Waals surface area contributed by atoms with E-state index in [2.05, 4.69) is 22.3 Å².